The molecule has 1 saturated carbocycles. The standard InChI is InChI=1S/C15H22N2.C6H10O/c1-5-12(3)11-13-7-9-14(10-8-13)15(6-2)17-16-4;1-5(7-2)6-3-4-6/h6-10,16-17H,3,5,11H2,1-2,4H3;6H,1,3-4H2,2H3/b15-6-;. The number of methoxy groups -OCH3 is 1. The monoisotopic (exact) mass is 328 g/mol. The summed E-state index contributed by atoms with van der Waals surface area (Å²) in [6.45, 7) is 11.9. The van der Waals surface area contributed by atoms with E-state index in [0.717, 1.165) is 24.3 Å². The van der Waals surface area contributed by atoms with Gasteiger partial charge in [0.1, 0.15) is 0 Å². The molecule has 0 spiro atoms. The fraction of sp³-hybridized carbons (Fsp3) is 0.429. The van der Waals surface area contributed by atoms with Crippen molar-refractivity contribution in [2.45, 2.75) is 39.5 Å². The molecule has 0 amide bonds. The second-order valence-corrected chi connectivity index (χ2v) is 6.00. The van der Waals surface area contributed by atoms with Crippen LogP contribution in [0.25, 0.3) is 5.70 Å². The summed E-state index contributed by atoms with van der Waals surface area (Å²) in [4.78, 5) is 0. The van der Waals surface area contributed by atoms with Gasteiger partial charge in [0, 0.05) is 13.0 Å². The van der Waals surface area contributed by atoms with Crippen molar-refractivity contribution < 1.29 is 4.74 Å². The van der Waals surface area contributed by atoms with E-state index in [2.05, 4.69) is 61.3 Å². The molecule has 0 bridgehead atoms. The zero-order chi connectivity index (χ0) is 17.9. The zero-order valence-electron chi connectivity index (χ0n) is 15.6. The van der Waals surface area contributed by atoms with Crippen LogP contribution in [-0.4, -0.2) is 14.2 Å². The summed E-state index contributed by atoms with van der Waals surface area (Å²) < 4.78 is 4.88. The van der Waals surface area contributed by atoms with E-state index in [1.54, 1.807) is 7.11 Å². The van der Waals surface area contributed by atoms with Gasteiger partial charge in [-0.25, -0.2) is 5.43 Å². The molecule has 0 radical (unpaired) electrons. The molecule has 1 aliphatic carbocycles. The van der Waals surface area contributed by atoms with Crippen LogP contribution in [0.5, 0.6) is 0 Å². The average molecular weight is 329 g/mol. The lowest BCUT2D eigenvalue weighted by Gasteiger charge is -2.10. The fourth-order valence-electron chi connectivity index (χ4n) is 2.23. The number of rotatable bonds is 8. The van der Waals surface area contributed by atoms with Crippen LogP contribution in [0.15, 0.2) is 54.8 Å². The number of hydrazine groups is 1. The third kappa shape index (κ3) is 7.05. The summed E-state index contributed by atoms with van der Waals surface area (Å²) in [5.74, 6) is 1.66. The van der Waals surface area contributed by atoms with Gasteiger partial charge in [0.05, 0.1) is 18.6 Å². The van der Waals surface area contributed by atoms with Crippen LogP contribution in [-0.2, 0) is 11.2 Å². The van der Waals surface area contributed by atoms with Gasteiger partial charge >= 0.3 is 0 Å². The maximum absolute atomic E-state index is 4.88. The van der Waals surface area contributed by atoms with Gasteiger partial charge in [0.25, 0.3) is 0 Å². The molecule has 2 rings (SSSR count). The molecule has 132 valence electrons. The highest BCUT2D eigenvalue weighted by Crippen LogP contribution is 2.35. The Kier molecular flexibility index (Phi) is 8.95. The summed E-state index contributed by atoms with van der Waals surface area (Å²) in [5, 5.41) is 0. The van der Waals surface area contributed by atoms with Crippen LogP contribution >= 0.6 is 0 Å². The topological polar surface area (TPSA) is 33.3 Å². The molecule has 0 heterocycles. The highest BCUT2D eigenvalue weighted by atomic mass is 16.5. The maximum atomic E-state index is 4.88. The minimum Gasteiger partial charge on any atom is -0.501 e. The predicted octanol–water partition coefficient (Wildman–Crippen LogP) is 4.84. The number of nitrogens with one attached hydrogen (secondary N) is 2. The molecule has 0 unspecified atom stereocenters. The SMILES string of the molecule is C=C(CC)Cc1ccc(/C(=C/C)NNC)cc1.C=C(OC)C1CC1. The van der Waals surface area contributed by atoms with Crippen molar-refractivity contribution in [3.8, 4) is 0 Å². The molecular formula is C21H32N2O. The fourth-order valence-corrected chi connectivity index (χ4v) is 2.23. The summed E-state index contributed by atoms with van der Waals surface area (Å²) >= 11 is 0. The maximum Gasteiger partial charge on any atom is 0.0914 e. The van der Waals surface area contributed by atoms with Gasteiger partial charge in [-0.05, 0) is 43.7 Å². The second-order valence-electron chi connectivity index (χ2n) is 6.00. The Balaban J connectivity index is 0.000000341. The van der Waals surface area contributed by atoms with E-state index in [4.69, 9.17) is 4.74 Å². The first-order valence-corrected chi connectivity index (χ1v) is 8.63. The van der Waals surface area contributed by atoms with E-state index < -0.39 is 0 Å². The third-order valence-electron chi connectivity index (χ3n) is 4.06. The molecule has 0 aliphatic heterocycles. The van der Waals surface area contributed by atoms with Crippen molar-refractivity contribution >= 4 is 5.70 Å². The Morgan fingerprint density at radius 1 is 1.25 bits per heavy atom. The van der Waals surface area contributed by atoms with E-state index in [1.807, 2.05) is 14.0 Å². The summed E-state index contributed by atoms with van der Waals surface area (Å²) in [6, 6.07) is 8.60. The van der Waals surface area contributed by atoms with E-state index in [0.29, 0.717) is 5.92 Å². The molecule has 0 aromatic heterocycles. The lowest BCUT2D eigenvalue weighted by molar-refractivity contribution is 0.272. The van der Waals surface area contributed by atoms with Gasteiger partial charge in [-0.3, -0.25) is 0 Å². The van der Waals surface area contributed by atoms with E-state index >= 15 is 0 Å². The number of hydrogen-bond donors (Lipinski definition) is 2. The van der Waals surface area contributed by atoms with E-state index in [-0.39, 0.29) is 0 Å². The van der Waals surface area contributed by atoms with Crippen LogP contribution in [0.1, 0.15) is 44.2 Å². The Morgan fingerprint density at radius 2 is 1.88 bits per heavy atom. The molecule has 3 heteroatoms. The first-order valence-electron chi connectivity index (χ1n) is 8.63. The van der Waals surface area contributed by atoms with Crippen molar-refractivity contribution in [3.63, 3.8) is 0 Å². The zero-order valence-corrected chi connectivity index (χ0v) is 15.6. The van der Waals surface area contributed by atoms with Crippen molar-refractivity contribution in [3.05, 3.63) is 66.0 Å². The Morgan fingerprint density at radius 3 is 2.25 bits per heavy atom. The Hall–Kier alpha value is -2.00. The highest BCUT2D eigenvalue weighted by Gasteiger charge is 2.24. The van der Waals surface area contributed by atoms with Crippen LogP contribution < -0.4 is 10.9 Å². The van der Waals surface area contributed by atoms with Crippen LogP contribution in [0.2, 0.25) is 0 Å². The van der Waals surface area contributed by atoms with Crippen molar-refractivity contribution in [1.29, 1.82) is 0 Å². The molecule has 0 saturated heterocycles. The molecule has 0 atom stereocenters. The van der Waals surface area contributed by atoms with Gasteiger partial charge in [-0.15, -0.1) is 0 Å². The van der Waals surface area contributed by atoms with Crippen molar-refractivity contribution in [2.24, 2.45) is 5.92 Å². The number of benzene rings is 1. The third-order valence-corrected chi connectivity index (χ3v) is 4.06. The van der Waals surface area contributed by atoms with Gasteiger partial charge in [0.2, 0.25) is 0 Å². The van der Waals surface area contributed by atoms with Crippen molar-refractivity contribution in [2.75, 3.05) is 14.2 Å². The smallest absolute Gasteiger partial charge is 0.0914 e. The predicted molar refractivity (Wildman–Crippen MR) is 104 cm³/mol. The Labute approximate surface area is 147 Å². The van der Waals surface area contributed by atoms with Crippen molar-refractivity contribution in [1.82, 2.24) is 10.9 Å². The minimum atomic E-state index is 0.699. The van der Waals surface area contributed by atoms with Gasteiger partial charge in [-0.2, -0.15) is 0 Å². The largest absolute Gasteiger partial charge is 0.501 e. The number of hydrogen-bond acceptors (Lipinski definition) is 3. The molecule has 1 aromatic carbocycles. The molecular weight excluding hydrogens is 296 g/mol. The summed E-state index contributed by atoms with van der Waals surface area (Å²) in [7, 11) is 3.55. The molecule has 2 N–H and O–H groups in total. The van der Waals surface area contributed by atoms with Gasteiger partial charge in [-0.1, -0.05) is 56.0 Å². The lowest BCUT2D eigenvalue weighted by atomic mass is 10.0. The summed E-state index contributed by atoms with van der Waals surface area (Å²) in [6.07, 6.45) is 6.64. The first kappa shape index (κ1) is 20.0. The van der Waals surface area contributed by atoms with Crippen LogP contribution in [0.4, 0.5) is 0 Å². The van der Waals surface area contributed by atoms with Crippen LogP contribution in [0.3, 0.4) is 0 Å². The summed E-state index contributed by atoms with van der Waals surface area (Å²) in [5.41, 5.74) is 10.9. The molecule has 1 aromatic rings. The van der Waals surface area contributed by atoms with Gasteiger partial charge < -0.3 is 10.2 Å². The molecule has 3 nitrogen and oxygen atoms in total. The van der Waals surface area contributed by atoms with Gasteiger partial charge in [0.15, 0.2) is 0 Å². The number of allylic oxidation sites excluding steroid dienone is 3. The van der Waals surface area contributed by atoms with Crippen LogP contribution in [0, 0.1) is 5.92 Å². The molecule has 1 aliphatic rings. The quantitative estimate of drug-likeness (QED) is 0.407. The highest BCUT2D eigenvalue weighted by molar-refractivity contribution is 5.63. The number of ether oxygens (including phenoxy) is 1. The average Bonchev–Trinajstić information content (AvgIpc) is 3.45. The first-order chi connectivity index (χ1) is 11.5. The normalized spacial score (nSPS) is 13.6. The molecule has 24 heavy (non-hydrogen) atoms. The molecule has 1 fully saturated rings. The van der Waals surface area contributed by atoms with E-state index in [9.17, 15) is 0 Å². The Bertz CT molecular complexity index is 554. The lowest BCUT2D eigenvalue weighted by Crippen LogP contribution is -2.25. The second kappa shape index (κ2) is 10.7. The minimum absolute atomic E-state index is 0.699. The van der Waals surface area contributed by atoms with E-state index in [1.165, 1.54) is 29.5 Å².